The maximum atomic E-state index is 14.3. The van der Waals surface area contributed by atoms with Crippen LogP contribution in [0, 0.1) is 104 Å². The van der Waals surface area contributed by atoms with Gasteiger partial charge in [0.05, 0.1) is 12.1 Å². The zero-order valence-electron chi connectivity index (χ0n) is 54.6. The maximum absolute atomic E-state index is 14.3. The van der Waals surface area contributed by atoms with Crippen molar-refractivity contribution >= 4 is 0 Å². The molecule has 10 rings (SSSR count). The Morgan fingerprint density at radius 3 is 1.25 bits per heavy atom. The first-order chi connectivity index (χ1) is 41.3. The average Bonchev–Trinajstić information content (AvgIpc) is 1.46. The second kappa shape index (κ2) is 38.2. The second-order valence-electron chi connectivity index (χ2n) is 23.1. The van der Waals surface area contributed by atoms with Crippen LogP contribution in [-0.4, -0.2) is 96.7 Å². The minimum absolute atomic E-state index is 0. The molecule has 0 aliphatic carbocycles. The van der Waals surface area contributed by atoms with E-state index < -0.39 is 28.6 Å². The van der Waals surface area contributed by atoms with Crippen LogP contribution < -0.4 is 0 Å². The normalized spacial score (nSPS) is 14.6. The van der Waals surface area contributed by atoms with Gasteiger partial charge in [0, 0.05) is 146 Å². The van der Waals surface area contributed by atoms with E-state index >= 15 is 0 Å². The predicted octanol–water partition coefficient (Wildman–Crippen LogP) is 13.1. The van der Waals surface area contributed by atoms with Gasteiger partial charge in [-0.1, -0.05) is 71.8 Å². The molecule has 0 atom stereocenters. The monoisotopic (exact) mass is 2140 g/mol. The number of rotatable bonds is 15. The molecule has 3 aromatic heterocycles. The van der Waals surface area contributed by atoms with Crippen LogP contribution in [0.25, 0.3) is 0 Å². The van der Waals surface area contributed by atoms with Gasteiger partial charge in [-0.05, 0) is 175 Å². The fraction of sp³-hybridized carbons (Fsp3) is 0.362. The minimum Gasteiger partial charge on any atom is -0.508 e. The van der Waals surface area contributed by atoms with Crippen molar-refractivity contribution in [3.63, 3.8) is 0 Å². The molecule has 15 nitrogen and oxygen atoms in total. The molecule has 5 radical (unpaired) electrons. The van der Waals surface area contributed by atoms with Crippen LogP contribution in [-0.2, 0) is 128 Å². The van der Waals surface area contributed by atoms with Gasteiger partial charge < -0.3 is 64.0 Å². The summed E-state index contributed by atoms with van der Waals surface area (Å²) < 4.78 is 41.0. The van der Waals surface area contributed by atoms with Crippen molar-refractivity contribution in [2.45, 2.75) is 132 Å². The van der Waals surface area contributed by atoms with Crippen LogP contribution in [0.15, 0.2) is 135 Å². The van der Waals surface area contributed by atoms with Crippen LogP contribution in [0.3, 0.4) is 0 Å². The van der Waals surface area contributed by atoms with Crippen molar-refractivity contribution in [2.75, 3.05) is 32.7 Å². The van der Waals surface area contributed by atoms with Crippen LogP contribution in [0.5, 0.6) is 0 Å². The molecule has 0 N–H and O–H groups in total. The molecule has 0 unspecified atom stereocenters. The second-order valence-corrected chi connectivity index (χ2v) is 23.1. The summed E-state index contributed by atoms with van der Waals surface area (Å²) in [5, 5.41) is 17.8. The third-order valence-corrected chi connectivity index (χ3v) is 15.7. The van der Waals surface area contributed by atoms with E-state index in [9.17, 15) is 13.2 Å². The molecule has 0 spiro atoms. The van der Waals surface area contributed by atoms with Gasteiger partial charge >= 0.3 is 0 Å². The molecule has 5 aliphatic rings. The van der Waals surface area contributed by atoms with Gasteiger partial charge in [-0.15, -0.1) is 40.5 Å². The number of hydrogen-bond donors (Lipinski definition) is 0. The molecule has 5 aliphatic heterocycles. The van der Waals surface area contributed by atoms with Gasteiger partial charge in [0.25, 0.3) is 0 Å². The molecule has 509 valence electrons. The van der Waals surface area contributed by atoms with Gasteiger partial charge in [0.1, 0.15) is 0 Å². The van der Waals surface area contributed by atoms with E-state index in [4.69, 9.17) is 10.5 Å². The van der Waals surface area contributed by atoms with Crippen molar-refractivity contribution in [3.05, 3.63) is 256 Å². The van der Waals surface area contributed by atoms with Crippen molar-refractivity contribution in [2.24, 2.45) is 0 Å². The van der Waals surface area contributed by atoms with E-state index in [0.717, 1.165) is 61.0 Å². The fourth-order valence-corrected chi connectivity index (χ4v) is 9.23. The van der Waals surface area contributed by atoms with Gasteiger partial charge in [0.15, 0.2) is 0 Å². The number of benzene rings is 2. The van der Waals surface area contributed by atoms with Crippen LogP contribution in [0.1, 0.15) is 143 Å². The fourth-order valence-electron chi connectivity index (χ4n) is 9.23. The molecule has 0 saturated heterocycles. The zero-order valence-corrected chi connectivity index (χ0v) is 66.6. The summed E-state index contributed by atoms with van der Waals surface area (Å²) >= 11 is 0. The molecule has 0 saturated carbocycles. The standard InChI is InChI=1S/C15H15F2N3.C15H16FN3.3C13H17N3.5Ir/c1-4-19-7-8-20(10-19)15(2,3)12-5-6-13(16)11(9-18)14(12)17;1-4-18-7-8-19(11-18)15(2,3)13-5-6-14(16)12(9-13)10-17;1-4-15-9-10-16(11-15)13(2,3)12-5-7-14-8-6-12;2*1-4-15-8-9-16(11-15)13(2,3)12-6-5-7-14-10-12;;;;;/h6-8,10H,4H2,1-3H3;6-9,11H,4H2,1-3H3;2*5,7-11H,4H2,1-3H3;5-9,11H,4H2,1-3H3;;;;;/q5*-2;;;;;. The third-order valence-electron chi connectivity index (χ3n) is 15.7. The van der Waals surface area contributed by atoms with Crippen molar-refractivity contribution in [3.8, 4) is 12.1 Å². The summed E-state index contributed by atoms with van der Waals surface area (Å²) in [6, 6.07) is 27.1. The summed E-state index contributed by atoms with van der Waals surface area (Å²) in [5.74, 6) is -2.27. The first kappa shape index (κ1) is 84.6. The molecule has 5 aromatic rings. The Morgan fingerprint density at radius 2 is 0.880 bits per heavy atom. The summed E-state index contributed by atoms with van der Waals surface area (Å²) in [6.07, 6.45) is 32.1. The SMILES string of the molecule is CCN1C=CN(C(C)(C)c2[c-]cc(F)c(C#N)c2)[CH-]1.CCN1C=CN(C(C)(C)c2[c-]cc(F)c(C#N)c2F)[CH-]1.CCN1C=CN(C(C)(C)c2[c-]ccnc2)[CH-]1.CCN1C=CN(C(C)(C)c2[c-]cncc2)[CH-]1.CCN1C=CN(C(C)(C)c2[c-]nccc2)[CH-]1.[Ir].[Ir].[Ir].[Ir].[Ir]. The number of nitriles is 2. The average molecular weight is 2140 g/mol. The molecule has 23 heteroatoms. The van der Waals surface area contributed by atoms with E-state index in [-0.39, 0.29) is 134 Å². The third kappa shape index (κ3) is 21.1. The van der Waals surface area contributed by atoms with Gasteiger partial charge in [-0.25, -0.2) is 6.07 Å². The summed E-state index contributed by atoms with van der Waals surface area (Å²) in [7, 11) is 0. The summed E-state index contributed by atoms with van der Waals surface area (Å²) in [4.78, 5) is 33.1. The number of aromatic nitrogens is 3. The van der Waals surface area contributed by atoms with Crippen LogP contribution in [0.4, 0.5) is 13.2 Å². The molecule has 8 heterocycles. The molecule has 0 bridgehead atoms. The Kier molecular flexibility index (Phi) is 35.2. The number of halogens is 3. The van der Waals surface area contributed by atoms with Gasteiger partial charge in [0.2, 0.25) is 0 Å². The molecule has 2 aromatic carbocycles. The van der Waals surface area contributed by atoms with Crippen molar-refractivity contribution < 1.29 is 114 Å². The smallest absolute Gasteiger partial charge is 0.0783 e. The molecular weight excluding hydrogens is 2060 g/mol. The number of hydrogen-bond acceptors (Lipinski definition) is 15. The first-order valence-electron chi connectivity index (χ1n) is 29.1. The molecule has 92 heavy (non-hydrogen) atoms. The molecular formula is C69H82F3Ir5N15-10. The summed E-state index contributed by atoms with van der Waals surface area (Å²) in [6.45, 7) is 45.9. The van der Waals surface area contributed by atoms with Gasteiger partial charge in [-0.2, -0.15) is 91.9 Å². The van der Waals surface area contributed by atoms with E-state index in [1.54, 1.807) is 44.6 Å². The quantitative estimate of drug-likeness (QED) is 0.0925. The Labute approximate surface area is 614 Å². The topological polar surface area (TPSA) is 119 Å². The molecule has 0 amide bonds. The van der Waals surface area contributed by atoms with E-state index in [1.165, 1.54) is 6.07 Å². The van der Waals surface area contributed by atoms with E-state index in [2.05, 4.69) is 212 Å². The number of pyridine rings is 3. The largest absolute Gasteiger partial charge is 0.508 e. The Bertz CT molecular complexity index is 3090. The molecule has 0 fully saturated rings. The van der Waals surface area contributed by atoms with E-state index in [0.29, 0.717) is 0 Å². The van der Waals surface area contributed by atoms with Crippen LogP contribution >= 0.6 is 0 Å². The Hall–Kier alpha value is -5.39. The Balaban J connectivity index is 0.000000569. The minimum atomic E-state index is -0.888. The van der Waals surface area contributed by atoms with Crippen LogP contribution in [0.2, 0.25) is 0 Å². The van der Waals surface area contributed by atoms with Crippen molar-refractivity contribution in [1.82, 2.24) is 64.0 Å². The Morgan fingerprint density at radius 1 is 0.457 bits per heavy atom. The summed E-state index contributed by atoms with van der Waals surface area (Å²) in [5.41, 5.74) is 2.26. The number of nitrogens with zero attached hydrogens (tertiary/aromatic N) is 15. The van der Waals surface area contributed by atoms with E-state index in [1.807, 2.05) is 110 Å². The van der Waals surface area contributed by atoms with Crippen molar-refractivity contribution in [1.29, 1.82) is 10.5 Å². The first-order valence-corrected chi connectivity index (χ1v) is 29.1. The predicted molar refractivity (Wildman–Crippen MR) is 333 cm³/mol. The maximum Gasteiger partial charge on any atom is 0.0783 e. The zero-order chi connectivity index (χ0) is 63.7. The van der Waals surface area contributed by atoms with Gasteiger partial charge in [-0.3, -0.25) is 13.2 Å².